The van der Waals surface area contributed by atoms with Gasteiger partial charge in [-0.2, -0.15) is 5.10 Å². The van der Waals surface area contributed by atoms with Gasteiger partial charge in [-0.15, -0.1) is 0 Å². The van der Waals surface area contributed by atoms with Crippen LogP contribution in [-0.4, -0.2) is 41.3 Å². The number of hydrogen-bond acceptors (Lipinski definition) is 5. The van der Waals surface area contributed by atoms with E-state index in [1.807, 2.05) is 18.2 Å². The zero-order chi connectivity index (χ0) is 17.7. The first-order valence-corrected chi connectivity index (χ1v) is 8.05. The second kappa shape index (κ2) is 7.96. The number of aromatic nitrogens is 2. The number of carbonyl (C=O) groups excluding carboxylic acids is 1. The van der Waals surface area contributed by atoms with E-state index in [0.29, 0.717) is 22.5 Å². The minimum atomic E-state index is -0.209. The quantitative estimate of drug-likeness (QED) is 0.805. The van der Waals surface area contributed by atoms with E-state index >= 15 is 0 Å². The third-order valence-corrected chi connectivity index (χ3v) is 4.09. The molecule has 128 valence electrons. The molecule has 1 amide bonds. The molecule has 1 aromatic carbocycles. The molecular weight excluding hydrogens is 376 g/mol. The van der Waals surface area contributed by atoms with Crippen molar-refractivity contribution in [3.63, 3.8) is 0 Å². The van der Waals surface area contributed by atoms with E-state index in [9.17, 15) is 9.59 Å². The van der Waals surface area contributed by atoms with E-state index in [1.165, 1.54) is 9.58 Å². The van der Waals surface area contributed by atoms with Gasteiger partial charge in [0.25, 0.3) is 11.5 Å². The minimum absolute atomic E-state index is 0.00588. The number of ether oxygens (including phenoxy) is 1. The monoisotopic (exact) mass is 394 g/mol. The van der Waals surface area contributed by atoms with Crippen LogP contribution in [0, 0.1) is 0 Å². The van der Waals surface area contributed by atoms with Crippen LogP contribution in [0.3, 0.4) is 0 Å². The summed E-state index contributed by atoms with van der Waals surface area (Å²) < 4.78 is 7.18. The maximum Gasteiger partial charge on any atom is 0.282 e. The summed E-state index contributed by atoms with van der Waals surface area (Å²) in [6.07, 6.45) is 1.58. The summed E-state index contributed by atoms with van der Waals surface area (Å²) in [5.74, 6) is 0.513. The Bertz CT molecular complexity index is 789. The molecule has 8 heteroatoms. The summed E-state index contributed by atoms with van der Waals surface area (Å²) >= 11 is 3.27. The van der Waals surface area contributed by atoms with Crippen molar-refractivity contribution < 1.29 is 9.53 Å². The SMILES string of the molecule is CN(C)C(=O)COc1cccc(CNc2cnn(C)c(=O)c2Br)c1. The molecule has 0 aliphatic carbocycles. The van der Waals surface area contributed by atoms with Crippen molar-refractivity contribution in [3.8, 4) is 5.75 Å². The Morgan fingerprint density at radius 1 is 1.42 bits per heavy atom. The van der Waals surface area contributed by atoms with Gasteiger partial charge in [-0.1, -0.05) is 12.1 Å². The van der Waals surface area contributed by atoms with Crippen LogP contribution in [0.15, 0.2) is 39.7 Å². The van der Waals surface area contributed by atoms with Gasteiger partial charge in [0.05, 0.1) is 11.9 Å². The zero-order valence-electron chi connectivity index (χ0n) is 13.7. The maximum atomic E-state index is 11.8. The van der Waals surface area contributed by atoms with E-state index < -0.39 is 0 Å². The van der Waals surface area contributed by atoms with Crippen molar-refractivity contribution in [1.29, 1.82) is 0 Å². The average Bonchev–Trinajstić information content (AvgIpc) is 2.57. The van der Waals surface area contributed by atoms with Crippen molar-refractivity contribution in [2.24, 2.45) is 7.05 Å². The predicted octanol–water partition coefficient (Wildman–Crippen LogP) is 1.62. The topological polar surface area (TPSA) is 76.5 Å². The largest absolute Gasteiger partial charge is 0.484 e. The first kappa shape index (κ1) is 18.0. The molecule has 0 spiro atoms. The van der Waals surface area contributed by atoms with Crippen molar-refractivity contribution in [2.45, 2.75) is 6.54 Å². The van der Waals surface area contributed by atoms with Crippen LogP contribution in [0.5, 0.6) is 5.75 Å². The summed E-state index contributed by atoms with van der Waals surface area (Å²) in [7, 11) is 4.96. The maximum absolute atomic E-state index is 11.8. The lowest BCUT2D eigenvalue weighted by Crippen LogP contribution is -2.27. The van der Waals surface area contributed by atoms with Crippen LogP contribution in [-0.2, 0) is 18.4 Å². The molecule has 2 rings (SSSR count). The second-order valence-electron chi connectivity index (χ2n) is 5.38. The van der Waals surface area contributed by atoms with E-state index in [-0.39, 0.29) is 18.1 Å². The molecule has 2 aromatic rings. The Hall–Kier alpha value is -2.35. The van der Waals surface area contributed by atoms with Crippen LogP contribution >= 0.6 is 15.9 Å². The second-order valence-corrected chi connectivity index (χ2v) is 6.17. The molecule has 1 heterocycles. The third kappa shape index (κ3) is 4.58. The van der Waals surface area contributed by atoms with Gasteiger partial charge in [-0.3, -0.25) is 9.59 Å². The smallest absolute Gasteiger partial charge is 0.282 e. The van der Waals surface area contributed by atoms with Gasteiger partial charge in [0.2, 0.25) is 0 Å². The lowest BCUT2D eigenvalue weighted by molar-refractivity contribution is -0.130. The fourth-order valence-corrected chi connectivity index (χ4v) is 2.35. The number of rotatable bonds is 6. The molecule has 1 aromatic heterocycles. The number of amides is 1. The summed E-state index contributed by atoms with van der Waals surface area (Å²) in [5.41, 5.74) is 1.36. The number of likely N-dealkylation sites (N-methyl/N-ethyl adjacent to an activating group) is 1. The van der Waals surface area contributed by atoms with Crippen LogP contribution in [0.2, 0.25) is 0 Å². The number of halogens is 1. The molecule has 0 fully saturated rings. The van der Waals surface area contributed by atoms with Crippen molar-refractivity contribution >= 4 is 27.5 Å². The van der Waals surface area contributed by atoms with Crippen molar-refractivity contribution in [2.75, 3.05) is 26.0 Å². The molecule has 1 N–H and O–H groups in total. The van der Waals surface area contributed by atoms with Gasteiger partial charge in [-0.25, -0.2) is 4.68 Å². The lowest BCUT2D eigenvalue weighted by atomic mass is 10.2. The highest BCUT2D eigenvalue weighted by Gasteiger charge is 2.08. The Labute approximate surface area is 148 Å². The van der Waals surface area contributed by atoms with Gasteiger partial charge in [-0.05, 0) is 33.6 Å². The van der Waals surface area contributed by atoms with Crippen LogP contribution in [0.4, 0.5) is 5.69 Å². The molecule has 0 aliphatic rings. The summed E-state index contributed by atoms with van der Waals surface area (Å²) in [5, 5.41) is 7.13. The minimum Gasteiger partial charge on any atom is -0.484 e. The van der Waals surface area contributed by atoms with Crippen molar-refractivity contribution in [1.82, 2.24) is 14.7 Å². The number of nitrogens with zero attached hydrogens (tertiary/aromatic N) is 3. The van der Waals surface area contributed by atoms with Crippen molar-refractivity contribution in [3.05, 3.63) is 50.9 Å². The molecule has 0 saturated carbocycles. The number of hydrogen-bond donors (Lipinski definition) is 1. The fourth-order valence-electron chi connectivity index (χ4n) is 1.85. The molecule has 0 bridgehead atoms. The highest BCUT2D eigenvalue weighted by Crippen LogP contribution is 2.18. The summed E-state index contributed by atoms with van der Waals surface area (Å²) in [6.45, 7) is 0.486. The van der Waals surface area contributed by atoms with E-state index in [0.717, 1.165) is 5.56 Å². The average molecular weight is 395 g/mol. The lowest BCUT2D eigenvalue weighted by Gasteiger charge is -2.12. The van der Waals surface area contributed by atoms with Crippen LogP contribution in [0.1, 0.15) is 5.56 Å². The predicted molar refractivity (Wildman–Crippen MR) is 95.1 cm³/mol. The Kier molecular flexibility index (Phi) is 5.97. The molecule has 7 nitrogen and oxygen atoms in total. The van der Waals surface area contributed by atoms with Gasteiger partial charge in [0.1, 0.15) is 10.2 Å². The standard InChI is InChI=1S/C16H19BrN4O3/c1-20(2)14(22)10-24-12-6-4-5-11(7-12)8-18-13-9-19-21(3)16(23)15(13)17/h4-7,9,18H,8,10H2,1-3H3. The third-order valence-electron chi connectivity index (χ3n) is 3.32. The fraction of sp³-hybridized carbons (Fsp3) is 0.312. The molecule has 0 aliphatic heterocycles. The molecule has 0 saturated heterocycles. The summed E-state index contributed by atoms with van der Waals surface area (Å²) in [6, 6.07) is 7.42. The zero-order valence-corrected chi connectivity index (χ0v) is 15.3. The van der Waals surface area contributed by atoms with Gasteiger partial charge >= 0.3 is 0 Å². The van der Waals surface area contributed by atoms with E-state index in [1.54, 1.807) is 33.4 Å². The molecule has 0 radical (unpaired) electrons. The number of aryl methyl sites for hydroxylation is 1. The van der Waals surface area contributed by atoms with E-state index in [2.05, 4.69) is 26.3 Å². The number of carbonyl (C=O) groups is 1. The van der Waals surface area contributed by atoms with Gasteiger partial charge in [0.15, 0.2) is 6.61 Å². The van der Waals surface area contributed by atoms with Crippen LogP contribution < -0.4 is 15.6 Å². The van der Waals surface area contributed by atoms with Crippen LogP contribution in [0.25, 0.3) is 0 Å². The van der Waals surface area contributed by atoms with E-state index in [4.69, 9.17) is 4.74 Å². The van der Waals surface area contributed by atoms with Gasteiger partial charge in [0, 0.05) is 27.7 Å². The highest BCUT2D eigenvalue weighted by molar-refractivity contribution is 9.10. The summed E-state index contributed by atoms with van der Waals surface area (Å²) in [4.78, 5) is 24.8. The highest BCUT2D eigenvalue weighted by atomic mass is 79.9. The first-order valence-electron chi connectivity index (χ1n) is 7.26. The van der Waals surface area contributed by atoms with Gasteiger partial charge < -0.3 is 15.0 Å². The number of nitrogens with one attached hydrogen (secondary N) is 1. The Balaban J connectivity index is 2.01. The number of anilines is 1. The molecule has 0 atom stereocenters. The normalized spacial score (nSPS) is 10.3. The first-order chi connectivity index (χ1) is 11.4. The number of benzene rings is 1. The Morgan fingerprint density at radius 2 is 2.17 bits per heavy atom. The molecular formula is C16H19BrN4O3. The Morgan fingerprint density at radius 3 is 2.88 bits per heavy atom. The molecule has 24 heavy (non-hydrogen) atoms. The molecule has 0 unspecified atom stereocenters.